The van der Waals surface area contributed by atoms with Gasteiger partial charge in [0.05, 0.1) is 6.61 Å². The van der Waals surface area contributed by atoms with E-state index in [-0.39, 0.29) is 24.5 Å². The molecule has 2 saturated heterocycles. The number of likely N-dealkylation sites (N-methyl/N-ethyl adjacent to an activating group) is 1. The molecule has 0 aliphatic carbocycles. The zero-order valence-electron chi connectivity index (χ0n) is 14.8. The van der Waals surface area contributed by atoms with Crippen LogP contribution in [0.4, 0.5) is 0 Å². The van der Waals surface area contributed by atoms with E-state index in [4.69, 9.17) is 5.11 Å². The van der Waals surface area contributed by atoms with Crippen LogP contribution in [-0.4, -0.2) is 66.0 Å². The highest BCUT2D eigenvalue weighted by molar-refractivity contribution is 5.94. The number of benzene rings is 1. The van der Waals surface area contributed by atoms with Crippen molar-refractivity contribution in [2.24, 2.45) is 5.92 Å². The van der Waals surface area contributed by atoms with Crippen LogP contribution in [-0.2, 0) is 11.4 Å². The number of fused-ring (bicyclic) bond motifs is 1. The number of aliphatic hydroxyl groups is 1. The molecule has 2 atom stereocenters. The minimum atomic E-state index is -0.0155. The molecule has 2 aliphatic rings. The van der Waals surface area contributed by atoms with Gasteiger partial charge < -0.3 is 20.2 Å². The summed E-state index contributed by atoms with van der Waals surface area (Å²) >= 11 is 0. The van der Waals surface area contributed by atoms with Gasteiger partial charge in [-0.1, -0.05) is 12.1 Å². The van der Waals surface area contributed by atoms with Crippen LogP contribution in [0, 0.1) is 5.92 Å². The van der Waals surface area contributed by atoms with E-state index in [1.165, 1.54) is 0 Å². The van der Waals surface area contributed by atoms with Crippen molar-refractivity contribution in [1.82, 2.24) is 15.1 Å². The van der Waals surface area contributed by atoms with E-state index in [9.17, 15) is 9.59 Å². The van der Waals surface area contributed by atoms with Gasteiger partial charge in [-0.2, -0.15) is 0 Å². The summed E-state index contributed by atoms with van der Waals surface area (Å²) in [7, 11) is 1.90. The molecular weight excluding hydrogens is 318 g/mol. The first-order valence-corrected chi connectivity index (χ1v) is 9.07. The molecule has 2 aliphatic heterocycles. The molecule has 2 heterocycles. The fraction of sp³-hybridized carbons (Fsp3) is 0.579. The van der Waals surface area contributed by atoms with Gasteiger partial charge in [0.1, 0.15) is 0 Å². The summed E-state index contributed by atoms with van der Waals surface area (Å²) in [6.45, 7) is 2.93. The lowest BCUT2D eigenvalue weighted by Gasteiger charge is -2.47. The highest BCUT2D eigenvalue weighted by atomic mass is 16.3. The first-order valence-electron chi connectivity index (χ1n) is 9.07. The number of carbonyl (C=O) groups excluding carboxylic acids is 2. The second kappa shape index (κ2) is 7.97. The molecule has 0 spiro atoms. The van der Waals surface area contributed by atoms with Crippen molar-refractivity contribution < 1.29 is 14.7 Å². The summed E-state index contributed by atoms with van der Waals surface area (Å²) in [5, 5.41) is 12.2. The van der Waals surface area contributed by atoms with Gasteiger partial charge in [-0.05, 0) is 43.5 Å². The van der Waals surface area contributed by atoms with Crippen LogP contribution in [0.15, 0.2) is 24.3 Å². The van der Waals surface area contributed by atoms with E-state index >= 15 is 0 Å². The number of hydrogen-bond donors (Lipinski definition) is 2. The van der Waals surface area contributed by atoms with Crippen molar-refractivity contribution in [2.75, 3.05) is 33.2 Å². The van der Waals surface area contributed by atoms with E-state index < -0.39 is 0 Å². The molecule has 6 heteroatoms. The Hall–Kier alpha value is -1.92. The van der Waals surface area contributed by atoms with Crippen LogP contribution in [0.1, 0.15) is 35.2 Å². The van der Waals surface area contributed by atoms with Gasteiger partial charge in [-0.25, -0.2) is 0 Å². The largest absolute Gasteiger partial charge is 0.392 e. The summed E-state index contributed by atoms with van der Waals surface area (Å²) in [5.74, 6) is 0.654. The Labute approximate surface area is 148 Å². The monoisotopic (exact) mass is 345 g/mol. The molecule has 0 bridgehead atoms. The van der Waals surface area contributed by atoms with E-state index in [1.54, 1.807) is 24.3 Å². The lowest BCUT2D eigenvalue weighted by Crippen LogP contribution is -2.57. The molecule has 1 aromatic carbocycles. The van der Waals surface area contributed by atoms with Gasteiger partial charge >= 0.3 is 0 Å². The van der Waals surface area contributed by atoms with Crippen LogP contribution in [0.3, 0.4) is 0 Å². The standard InChI is InChI=1S/C19H27N3O3/c1-20-9-11-22-17-8-10-21(12-16(17)6-7-18(22)24)19(25)15-4-2-14(13-23)3-5-15/h2-5,16-17,20,23H,6-13H2,1H3/t16-,17+/m0/s1. The van der Waals surface area contributed by atoms with E-state index in [1.807, 2.05) is 16.8 Å². The Morgan fingerprint density at radius 1 is 1.28 bits per heavy atom. The van der Waals surface area contributed by atoms with Crippen molar-refractivity contribution in [3.8, 4) is 0 Å². The molecule has 3 rings (SSSR count). The topological polar surface area (TPSA) is 72.9 Å². The SMILES string of the molecule is CNCCN1C(=O)CC[C@H]2CN(C(=O)c3ccc(CO)cc3)CC[C@H]21. The average molecular weight is 345 g/mol. The molecule has 6 nitrogen and oxygen atoms in total. The molecule has 25 heavy (non-hydrogen) atoms. The molecular formula is C19H27N3O3. The Morgan fingerprint density at radius 2 is 2.04 bits per heavy atom. The van der Waals surface area contributed by atoms with Crippen molar-refractivity contribution in [2.45, 2.75) is 31.9 Å². The first kappa shape index (κ1) is 17.9. The molecule has 0 radical (unpaired) electrons. The van der Waals surface area contributed by atoms with Crippen molar-refractivity contribution in [3.63, 3.8) is 0 Å². The summed E-state index contributed by atoms with van der Waals surface area (Å²) in [6, 6.07) is 7.40. The van der Waals surface area contributed by atoms with Gasteiger partial charge in [0.2, 0.25) is 5.91 Å². The van der Waals surface area contributed by atoms with Crippen LogP contribution < -0.4 is 5.32 Å². The number of aliphatic hydroxyl groups excluding tert-OH is 1. The summed E-state index contributed by atoms with van der Waals surface area (Å²) in [5.41, 5.74) is 1.47. The van der Waals surface area contributed by atoms with Crippen LogP contribution in [0.25, 0.3) is 0 Å². The third-order valence-corrected chi connectivity index (χ3v) is 5.42. The molecule has 136 valence electrons. The lowest BCUT2D eigenvalue weighted by molar-refractivity contribution is -0.140. The number of piperidine rings is 2. The summed E-state index contributed by atoms with van der Waals surface area (Å²) in [6.07, 6.45) is 2.30. The maximum absolute atomic E-state index is 12.8. The van der Waals surface area contributed by atoms with Gasteiger partial charge in [-0.15, -0.1) is 0 Å². The number of likely N-dealkylation sites (tertiary alicyclic amines) is 2. The minimum Gasteiger partial charge on any atom is -0.392 e. The number of nitrogens with one attached hydrogen (secondary N) is 1. The Morgan fingerprint density at radius 3 is 2.72 bits per heavy atom. The van der Waals surface area contributed by atoms with Gasteiger partial charge in [-0.3, -0.25) is 9.59 Å². The summed E-state index contributed by atoms with van der Waals surface area (Å²) < 4.78 is 0. The second-order valence-electron chi connectivity index (χ2n) is 6.95. The van der Waals surface area contributed by atoms with E-state index in [0.717, 1.165) is 31.5 Å². The molecule has 2 fully saturated rings. The van der Waals surface area contributed by atoms with Crippen molar-refractivity contribution in [1.29, 1.82) is 0 Å². The highest BCUT2D eigenvalue weighted by Gasteiger charge is 2.40. The third-order valence-electron chi connectivity index (χ3n) is 5.42. The van der Waals surface area contributed by atoms with E-state index in [0.29, 0.717) is 31.0 Å². The fourth-order valence-electron chi connectivity index (χ4n) is 3.99. The Kier molecular flexibility index (Phi) is 5.71. The molecule has 0 unspecified atom stereocenters. The van der Waals surface area contributed by atoms with E-state index in [2.05, 4.69) is 5.32 Å². The molecule has 2 amide bonds. The molecule has 2 N–H and O–H groups in total. The van der Waals surface area contributed by atoms with Crippen LogP contribution in [0.5, 0.6) is 0 Å². The average Bonchev–Trinajstić information content (AvgIpc) is 2.66. The zero-order valence-corrected chi connectivity index (χ0v) is 14.8. The number of hydrogen-bond acceptors (Lipinski definition) is 4. The molecule has 1 aromatic rings. The predicted molar refractivity (Wildman–Crippen MR) is 95.0 cm³/mol. The van der Waals surface area contributed by atoms with Crippen LogP contribution in [0.2, 0.25) is 0 Å². The number of carbonyl (C=O) groups is 2. The second-order valence-corrected chi connectivity index (χ2v) is 6.95. The Balaban J connectivity index is 1.66. The number of rotatable bonds is 5. The smallest absolute Gasteiger partial charge is 0.253 e. The fourth-order valence-corrected chi connectivity index (χ4v) is 3.99. The summed E-state index contributed by atoms with van der Waals surface area (Å²) in [4.78, 5) is 28.9. The normalized spacial score (nSPS) is 23.5. The highest BCUT2D eigenvalue weighted by Crippen LogP contribution is 2.31. The van der Waals surface area contributed by atoms with Gasteiger partial charge in [0.25, 0.3) is 5.91 Å². The quantitative estimate of drug-likeness (QED) is 0.830. The third kappa shape index (κ3) is 3.85. The van der Waals surface area contributed by atoms with Crippen molar-refractivity contribution >= 4 is 11.8 Å². The number of amides is 2. The zero-order chi connectivity index (χ0) is 17.8. The van der Waals surface area contributed by atoms with Crippen molar-refractivity contribution in [3.05, 3.63) is 35.4 Å². The van der Waals surface area contributed by atoms with Crippen LogP contribution >= 0.6 is 0 Å². The minimum absolute atomic E-state index is 0.0155. The lowest BCUT2D eigenvalue weighted by atomic mass is 9.83. The van der Waals surface area contributed by atoms with Gasteiger partial charge in [0.15, 0.2) is 0 Å². The first-order chi connectivity index (χ1) is 12.1. The predicted octanol–water partition coefficient (Wildman–Crippen LogP) is 0.851. The number of nitrogens with zero attached hydrogens (tertiary/aromatic N) is 2. The van der Waals surface area contributed by atoms with Gasteiger partial charge in [0, 0.05) is 44.2 Å². The maximum atomic E-state index is 12.8. The Bertz CT molecular complexity index is 617. The molecule has 0 aromatic heterocycles. The maximum Gasteiger partial charge on any atom is 0.253 e. The molecule has 0 saturated carbocycles.